The molecule has 0 radical (unpaired) electrons. The third-order valence-electron chi connectivity index (χ3n) is 1.13. The van der Waals surface area contributed by atoms with Gasteiger partial charge in [-0.15, -0.1) is 0 Å². The summed E-state index contributed by atoms with van der Waals surface area (Å²) in [5.41, 5.74) is -1.74. The first-order valence-corrected chi connectivity index (χ1v) is 3.17. The molecule has 0 aliphatic carbocycles. The molecule has 0 unspecified atom stereocenters. The molecule has 0 aromatic carbocycles. The zero-order valence-electron chi connectivity index (χ0n) is 6.75. The van der Waals surface area contributed by atoms with Crippen LogP contribution in [0.5, 0.6) is 0 Å². The fourth-order valence-corrected chi connectivity index (χ4v) is 0.509. The van der Waals surface area contributed by atoms with Crippen LogP contribution in [0, 0.1) is 0 Å². The third kappa shape index (κ3) is 3.67. The molecular weight excluding hydrogens is 216 g/mol. The maximum Gasteiger partial charge on any atom is 0.454 e. The van der Waals surface area contributed by atoms with E-state index in [0.717, 1.165) is 7.05 Å². The van der Waals surface area contributed by atoms with Gasteiger partial charge in [-0.2, -0.15) is 26.3 Å². The number of hydrogen-bond donors (Lipinski definition) is 1. The van der Waals surface area contributed by atoms with Crippen molar-refractivity contribution in [2.75, 3.05) is 7.05 Å². The van der Waals surface area contributed by atoms with Crippen molar-refractivity contribution in [3.63, 3.8) is 0 Å². The predicted molar refractivity (Wildman–Crippen MR) is 34.3 cm³/mol. The Labute approximate surface area is 74.6 Å². The average Bonchev–Trinajstić information content (AvgIpc) is 1.95. The molecule has 0 aromatic rings. The minimum Gasteiger partial charge on any atom is -0.384 e. The van der Waals surface area contributed by atoms with Crippen molar-refractivity contribution in [2.45, 2.75) is 12.4 Å². The Kier molecular flexibility index (Phi) is 3.55. The van der Waals surface area contributed by atoms with E-state index in [9.17, 15) is 31.1 Å². The topological polar surface area (TPSA) is 29.1 Å². The normalized spacial score (nSPS) is 14.1. The van der Waals surface area contributed by atoms with Crippen molar-refractivity contribution in [3.05, 3.63) is 11.8 Å². The van der Waals surface area contributed by atoms with Gasteiger partial charge in [0.15, 0.2) is 0 Å². The van der Waals surface area contributed by atoms with Crippen molar-refractivity contribution in [3.8, 4) is 0 Å². The van der Waals surface area contributed by atoms with E-state index >= 15 is 0 Å². The first-order chi connectivity index (χ1) is 6.09. The van der Waals surface area contributed by atoms with E-state index in [-0.39, 0.29) is 0 Å². The number of alkyl halides is 6. The van der Waals surface area contributed by atoms with Gasteiger partial charge in [0.25, 0.3) is 5.78 Å². The summed E-state index contributed by atoms with van der Waals surface area (Å²) in [6.45, 7) is 0. The minimum atomic E-state index is -5.30. The molecule has 0 aromatic heterocycles. The molecule has 0 amide bonds. The summed E-state index contributed by atoms with van der Waals surface area (Å²) in [4.78, 5) is 10.1. The van der Waals surface area contributed by atoms with Crippen LogP contribution in [0.2, 0.25) is 0 Å². The largest absolute Gasteiger partial charge is 0.454 e. The highest BCUT2D eigenvalue weighted by molar-refractivity contribution is 5.95. The van der Waals surface area contributed by atoms with Crippen molar-refractivity contribution in [1.29, 1.82) is 0 Å². The molecule has 0 heterocycles. The van der Waals surface area contributed by atoms with E-state index in [2.05, 4.69) is 0 Å². The number of hydrogen-bond acceptors (Lipinski definition) is 2. The second-order valence-electron chi connectivity index (χ2n) is 2.17. The quantitative estimate of drug-likeness (QED) is 0.568. The van der Waals surface area contributed by atoms with Crippen LogP contribution in [-0.4, -0.2) is 25.2 Å². The fourth-order valence-electron chi connectivity index (χ4n) is 0.509. The van der Waals surface area contributed by atoms with Crippen LogP contribution in [0.3, 0.4) is 0 Å². The molecule has 8 heteroatoms. The van der Waals surface area contributed by atoms with Crippen molar-refractivity contribution in [2.24, 2.45) is 0 Å². The molecule has 0 aliphatic heterocycles. The molecule has 0 saturated heterocycles. The van der Waals surface area contributed by atoms with Gasteiger partial charge in [0, 0.05) is 13.1 Å². The number of carbonyl (C=O) groups excluding carboxylic acids is 1. The summed E-state index contributed by atoms with van der Waals surface area (Å²) in [7, 11) is 0.767. The van der Waals surface area contributed by atoms with E-state index in [1.54, 1.807) is 0 Å². The highest BCUT2D eigenvalue weighted by Crippen LogP contribution is 2.25. The summed E-state index contributed by atoms with van der Waals surface area (Å²) in [6, 6.07) is 0. The van der Waals surface area contributed by atoms with E-state index < -0.39 is 29.9 Å². The molecule has 0 rings (SSSR count). The van der Waals surface area contributed by atoms with Crippen LogP contribution >= 0.6 is 0 Å². The van der Waals surface area contributed by atoms with Crippen LogP contribution in [-0.2, 0) is 4.79 Å². The summed E-state index contributed by atoms with van der Waals surface area (Å²) in [5.74, 6) is -2.56. The van der Waals surface area contributed by atoms with Crippen molar-refractivity contribution >= 4 is 5.78 Å². The summed E-state index contributed by atoms with van der Waals surface area (Å²) < 4.78 is 70.1. The van der Waals surface area contributed by atoms with Gasteiger partial charge in [-0.3, -0.25) is 4.79 Å². The summed E-state index contributed by atoms with van der Waals surface area (Å²) in [6.07, 6.45) is -10.8. The average molecular weight is 221 g/mol. The van der Waals surface area contributed by atoms with Crippen LogP contribution in [0.25, 0.3) is 0 Å². The first kappa shape index (κ1) is 12.8. The Hall–Kier alpha value is -1.21. The number of halogens is 6. The smallest absolute Gasteiger partial charge is 0.384 e. The van der Waals surface area contributed by atoms with Gasteiger partial charge in [-0.05, 0) is 0 Å². The van der Waals surface area contributed by atoms with Gasteiger partial charge in [0.2, 0.25) is 0 Å². The third-order valence-corrected chi connectivity index (χ3v) is 1.13. The van der Waals surface area contributed by atoms with E-state index in [4.69, 9.17) is 0 Å². The highest BCUT2D eigenvalue weighted by Gasteiger charge is 2.40. The molecule has 0 atom stereocenters. The molecule has 0 fully saturated rings. The highest BCUT2D eigenvalue weighted by atomic mass is 19.4. The number of allylic oxidation sites excluding steroid dienone is 2. The van der Waals surface area contributed by atoms with Gasteiger partial charge in [-0.25, -0.2) is 0 Å². The number of rotatable bonds is 2. The molecule has 2 nitrogen and oxygen atoms in total. The molecule has 0 aliphatic rings. The lowest BCUT2D eigenvalue weighted by Crippen LogP contribution is -2.28. The zero-order valence-corrected chi connectivity index (χ0v) is 6.75. The van der Waals surface area contributed by atoms with Gasteiger partial charge < -0.3 is 5.32 Å². The lowest BCUT2D eigenvalue weighted by atomic mass is 10.3. The van der Waals surface area contributed by atoms with Crippen LogP contribution in [0.15, 0.2) is 11.8 Å². The van der Waals surface area contributed by atoms with E-state index in [1.807, 2.05) is 0 Å². The monoisotopic (exact) mass is 221 g/mol. The lowest BCUT2D eigenvalue weighted by Gasteiger charge is -2.10. The van der Waals surface area contributed by atoms with Gasteiger partial charge in [-0.1, -0.05) is 0 Å². The molecule has 0 saturated carbocycles. The number of carbonyl (C=O) groups is 1. The molecule has 14 heavy (non-hydrogen) atoms. The number of nitrogens with one attached hydrogen (secondary N) is 1. The maximum atomic E-state index is 11.8. The molecule has 0 bridgehead atoms. The summed E-state index contributed by atoms with van der Waals surface area (Å²) >= 11 is 0. The Balaban J connectivity index is 4.89. The fraction of sp³-hybridized carbons (Fsp3) is 0.500. The second kappa shape index (κ2) is 3.89. The second-order valence-corrected chi connectivity index (χ2v) is 2.17. The molecule has 82 valence electrons. The van der Waals surface area contributed by atoms with E-state index in [0.29, 0.717) is 0 Å². The number of ketones is 1. The standard InChI is InChI=1S/C6H5F6NO/c1-13-3(5(7,8)9)2-4(14)6(10,11)12/h2,13H,1H3/b3-2-. The minimum absolute atomic E-state index is 0.528. The maximum absolute atomic E-state index is 11.8. The van der Waals surface area contributed by atoms with Crippen LogP contribution in [0.4, 0.5) is 26.3 Å². The molecular formula is C6H5F6NO. The Bertz CT molecular complexity index is 250. The van der Waals surface area contributed by atoms with Gasteiger partial charge >= 0.3 is 12.4 Å². The Morgan fingerprint density at radius 2 is 1.50 bits per heavy atom. The van der Waals surface area contributed by atoms with E-state index in [1.165, 1.54) is 5.32 Å². The first-order valence-electron chi connectivity index (χ1n) is 3.17. The van der Waals surface area contributed by atoms with Crippen molar-refractivity contribution in [1.82, 2.24) is 5.32 Å². The lowest BCUT2D eigenvalue weighted by molar-refractivity contribution is -0.166. The van der Waals surface area contributed by atoms with Crippen LogP contribution in [0.1, 0.15) is 0 Å². The zero-order chi connectivity index (χ0) is 11.6. The van der Waals surface area contributed by atoms with Gasteiger partial charge in [0.1, 0.15) is 5.70 Å². The van der Waals surface area contributed by atoms with Crippen molar-refractivity contribution < 1.29 is 31.1 Å². The Morgan fingerprint density at radius 3 is 1.71 bits per heavy atom. The SMILES string of the molecule is CN/C(=C\C(=O)C(F)(F)F)C(F)(F)F. The molecule has 0 spiro atoms. The summed E-state index contributed by atoms with van der Waals surface area (Å²) in [5, 5.41) is 1.46. The molecule has 1 N–H and O–H groups in total. The van der Waals surface area contributed by atoms with Gasteiger partial charge in [0.05, 0.1) is 0 Å². The predicted octanol–water partition coefficient (Wildman–Crippen LogP) is 1.78. The van der Waals surface area contributed by atoms with Crippen LogP contribution < -0.4 is 5.32 Å². The Morgan fingerprint density at radius 1 is 1.07 bits per heavy atom.